The summed E-state index contributed by atoms with van der Waals surface area (Å²) in [4.78, 5) is 29.1. The molecule has 6 aromatic rings. The number of halogens is 1. The molecule has 4 N–H and O–H groups in total. The van der Waals surface area contributed by atoms with Gasteiger partial charge >= 0.3 is 0 Å². The number of aromatic amines is 2. The van der Waals surface area contributed by atoms with Gasteiger partial charge in [0.1, 0.15) is 17.3 Å². The fraction of sp³-hybridized carbons (Fsp3) is 0.138. The number of H-pyrrole nitrogens is 2. The van der Waals surface area contributed by atoms with Crippen LogP contribution >= 0.6 is 0 Å². The van der Waals surface area contributed by atoms with Crippen molar-refractivity contribution in [2.24, 2.45) is 5.41 Å². The summed E-state index contributed by atoms with van der Waals surface area (Å²) in [7, 11) is 0. The molecule has 0 saturated heterocycles. The Labute approximate surface area is 222 Å². The zero-order valence-corrected chi connectivity index (χ0v) is 21.4. The van der Waals surface area contributed by atoms with Crippen molar-refractivity contribution < 1.29 is 14.3 Å². The lowest BCUT2D eigenvalue weighted by atomic mass is 9.95. The van der Waals surface area contributed by atoms with Crippen molar-refractivity contribution in [2.45, 2.75) is 20.8 Å². The molecule has 0 unspecified atom stereocenters. The highest BCUT2D eigenvalue weighted by atomic mass is 19.1. The van der Waals surface area contributed by atoms with Gasteiger partial charge in [0.05, 0.1) is 40.7 Å². The van der Waals surface area contributed by atoms with Crippen LogP contribution in [0.3, 0.4) is 0 Å². The molecule has 0 fully saturated rings. The Kier molecular flexibility index (Phi) is 5.60. The summed E-state index contributed by atoms with van der Waals surface area (Å²) in [5.74, 6) is -0.827. The number of hydrogen-bond acceptors (Lipinski definition) is 6. The van der Waals surface area contributed by atoms with E-state index in [2.05, 4.69) is 35.5 Å². The van der Waals surface area contributed by atoms with E-state index < -0.39 is 11.2 Å². The maximum absolute atomic E-state index is 14.0. The van der Waals surface area contributed by atoms with Crippen LogP contribution in [0.2, 0.25) is 0 Å². The molecule has 0 atom stereocenters. The molecule has 0 aliphatic carbocycles. The number of pyridine rings is 3. The number of anilines is 1. The average molecular weight is 522 g/mol. The molecule has 5 heterocycles. The Balaban J connectivity index is 1.41. The molecular formula is C29H24FN7O2. The summed E-state index contributed by atoms with van der Waals surface area (Å²) in [5.41, 5.74) is 5.38. The monoisotopic (exact) mass is 521 g/mol. The first-order chi connectivity index (χ1) is 18.7. The van der Waals surface area contributed by atoms with Gasteiger partial charge in [0, 0.05) is 51.3 Å². The number of nitrogens with one attached hydrogen (secondary N) is 3. The standard InChI is InChI=1S/C29H24FN7O2/c1-29(2,3)28(39)34-18-7-16(12-31-13-18)23-10-21-25(14-33-23)36-37-27(21)24-11-20-22(35-24)4-5-32-26(20)15-6-17(30)9-19(38)8-15/h4-14,35,38H,1-3H3,(H,34,39)(H,36,37). The Morgan fingerprint density at radius 2 is 1.74 bits per heavy atom. The van der Waals surface area contributed by atoms with E-state index in [0.717, 1.165) is 39.1 Å². The van der Waals surface area contributed by atoms with Crippen LogP contribution < -0.4 is 5.32 Å². The molecule has 194 valence electrons. The van der Waals surface area contributed by atoms with E-state index in [-0.39, 0.29) is 11.7 Å². The third kappa shape index (κ3) is 4.56. The van der Waals surface area contributed by atoms with Crippen LogP contribution in [0.1, 0.15) is 20.8 Å². The zero-order valence-electron chi connectivity index (χ0n) is 21.4. The quantitative estimate of drug-likeness (QED) is 0.223. The van der Waals surface area contributed by atoms with Gasteiger partial charge in [-0.05, 0) is 36.4 Å². The van der Waals surface area contributed by atoms with E-state index in [1.165, 1.54) is 12.1 Å². The number of hydrogen-bond donors (Lipinski definition) is 4. The predicted octanol–water partition coefficient (Wildman–Crippen LogP) is 6.06. The SMILES string of the molecule is CC(C)(C)C(=O)Nc1cncc(-c2cc3c(-c4cc5c(-c6cc(O)cc(F)c6)nccc5[nH]4)n[nH]c3cn2)c1. The van der Waals surface area contributed by atoms with E-state index in [4.69, 9.17) is 0 Å². The molecule has 6 rings (SSSR count). The summed E-state index contributed by atoms with van der Waals surface area (Å²) in [6.45, 7) is 5.54. The van der Waals surface area contributed by atoms with E-state index in [9.17, 15) is 14.3 Å². The molecule has 0 saturated carbocycles. The highest BCUT2D eigenvalue weighted by Crippen LogP contribution is 2.35. The lowest BCUT2D eigenvalue weighted by Gasteiger charge is -2.17. The topological polar surface area (TPSA) is 132 Å². The molecule has 9 nitrogen and oxygen atoms in total. The van der Waals surface area contributed by atoms with Crippen LogP contribution in [-0.4, -0.2) is 41.1 Å². The molecule has 0 aliphatic heterocycles. The Hall–Kier alpha value is -5.12. The smallest absolute Gasteiger partial charge is 0.229 e. The van der Waals surface area contributed by atoms with Gasteiger partial charge in [0.25, 0.3) is 0 Å². The third-order valence-electron chi connectivity index (χ3n) is 6.38. The Bertz CT molecular complexity index is 1860. The predicted molar refractivity (Wildman–Crippen MR) is 147 cm³/mol. The first-order valence-electron chi connectivity index (χ1n) is 12.2. The van der Waals surface area contributed by atoms with Gasteiger partial charge in [-0.1, -0.05) is 20.8 Å². The second-order valence-electron chi connectivity index (χ2n) is 10.4. The second-order valence-corrected chi connectivity index (χ2v) is 10.4. The number of carbonyl (C=O) groups is 1. The average Bonchev–Trinajstić information content (AvgIpc) is 3.51. The number of carbonyl (C=O) groups excluding carboxylic acids is 1. The third-order valence-corrected chi connectivity index (χ3v) is 6.38. The van der Waals surface area contributed by atoms with Gasteiger partial charge in [-0.3, -0.25) is 24.8 Å². The van der Waals surface area contributed by atoms with Crippen LogP contribution in [0.4, 0.5) is 10.1 Å². The number of aromatic nitrogens is 6. The highest BCUT2D eigenvalue weighted by Gasteiger charge is 2.21. The van der Waals surface area contributed by atoms with Crippen molar-refractivity contribution >= 4 is 33.4 Å². The fourth-order valence-electron chi connectivity index (χ4n) is 4.37. The minimum atomic E-state index is -0.547. The molecule has 10 heteroatoms. The first-order valence-corrected chi connectivity index (χ1v) is 12.2. The number of phenols is 1. The maximum atomic E-state index is 14.0. The van der Waals surface area contributed by atoms with E-state index >= 15 is 0 Å². The van der Waals surface area contributed by atoms with E-state index in [1.54, 1.807) is 24.8 Å². The number of nitrogens with zero attached hydrogens (tertiary/aromatic N) is 4. The second kappa shape index (κ2) is 9.02. The van der Waals surface area contributed by atoms with Crippen LogP contribution in [0.5, 0.6) is 5.75 Å². The molecule has 0 spiro atoms. The summed E-state index contributed by atoms with van der Waals surface area (Å²) < 4.78 is 14.0. The summed E-state index contributed by atoms with van der Waals surface area (Å²) in [5, 5.41) is 21.9. The first kappa shape index (κ1) is 24.2. The molecular weight excluding hydrogens is 497 g/mol. The maximum Gasteiger partial charge on any atom is 0.229 e. The van der Waals surface area contributed by atoms with Crippen molar-refractivity contribution in [1.29, 1.82) is 0 Å². The number of rotatable bonds is 4. The largest absolute Gasteiger partial charge is 0.508 e. The molecule has 39 heavy (non-hydrogen) atoms. The van der Waals surface area contributed by atoms with Gasteiger partial charge in [-0.15, -0.1) is 0 Å². The van der Waals surface area contributed by atoms with E-state index in [1.807, 2.05) is 45.0 Å². The van der Waals surface area contributed by atoms with Gasteiger partial charge in [0.15, 0.2) is 0 Å². The van der Waals surface area contributed by atoms with Crippen LogP contribution in [-0.2, 0) is 4.79 Å². The molecule has 1 aromatic carbocycles. The van der Waals surface area contributed by atoms with Crippen molar-refractivity contribution in [2.75, 3.05) is 5.32 Å². The minimum Gasteiger partial charge on any atom is -0.508 e. The van der Waals surface area contributed by atoms with Gasteiger partial charge < -0.3 is 15.4 Å². The highest BCUT2D eigenvalue weighted by molar-refractivity contribution is 6.00. The lowest BCUT2D eigenvalue weighted by molar-refractivity contribution is -0.123. The molecule has 0 radical (unpaired) electrons. The van der Waals surface area contributed by atoms with Gasteiger partial charge in [-0.25, -0.2) is 4.39 Å². The summed E-state index contributed by atoms with van der Waals surface area (Å²) in [6.07, 6.45) is 6.62. The Morgan fingerprint density at radius 3 is 2.54 bits per heavy atom. The normalized spacial score (nSPS) is 11.8. The summed E-state index contributed by atoms with van der Waals surface area (Å²) in [6, 6.07) is 11.3. The fourth-order valence-corrected chi connectivity index (χ4v) is 4.37. The van der Waals surface area contributed by atoms with Crippen LogP contribution in [0.25, 0.3) is 55.7 Å². The van der Waals surface area contributed by atoms with Crippen molar-refractivity contribution in [1.82, 2.24) is 30.1 Å². The van der Waals surface area contributed by atoms with Crippen molar-refractivity contribution in [3.05, 3.63) is 73.1 Å². The Morgan fingerprint density at radius 1 is 0.923 bits per heavy atom. The van der Waals surface area contributed by atoms with Gasteiger partial charge in [-0.2, -0.15) is 5.10 Å². The van der Waals surface area contributed by atoms with Crippen LogP contribution in [0, 0.1) is 11.2 Å². The number of aromatic hydroxyl groups is 1. The van der Waals surface area contributed by atoms with Crippen molar-refractivity contribution in [3.63, 3.8) is 0 Å². The number of phenolic OH excluding ortho intramolecular Hbond substituents is 1. The minimum absolute atomic E-state index is 0.108. The van der Waals surface area contributed by atoms with E-state index in [0.29, 0.717) is 28.3 Å². The number of benzene rings is 1. The molecule has 5 aromatic heterocycles. The van der Waals surface area contributed by atoms with Crippen molar-refractivity contribution in [3.8, 4) is 39.7 Å². The number of fused-ring (bicyclic) bond motifs is 2. The lowest BCUT2D eigenvalue weighted by Crippen LogP contribution is -2.27. The summed E-state index contributed by atoms with van der Waals surface area (Å²) >= 11 is 0. The van der Waals surface area contributed by atoms with Gasteiger partial charge in [0.2, 0.25) is 5.91 Å². The molecule has 0 aliphatic rings. The zero-order chi connectivity index (χ0) is 27.3. The van der Waals surface area contributed by atoms with Crippen LogP contribution in [0.15, 0.2) is 67.3 Å². The molecule has 0 bridgehead atoms. The number of amides is 1. The molecule has 1 amide bonds.